The fourth-order valence-corrected chi connectivity index (χ4v) is 2.73. The predicted octanol–water partition coefficient (Wildman–Crippen LogP) is 0.505. The van der Waals surface area contributed by atoms with Crippen LogP contribution in [0.15, 0.2) is 24.3 Å². The second-order valence-electron chi connectivity index (χ2n) is 5.96. The van der Waals surface area contributed by atoms with Crippen LogP contribution in [-0.4, -0.2) is 45.8 Å². The Balaban J connectivity index is 1.63. The summed E-state index contributed by atoms with van der Waals surface area (Å²) in [5.41, 5.74) is 0. The fraction of sp³-hybridized carbons (Fsp3) is 0.588. The molecule has 1 aromatic carbocycles. The Bertz CT molecular complexity index is 471. The number of likely N-dealkylation sites (tertiary alicyclic amines) is 1. The van der Waals surface area contributed by atoms with Crippen molar-refractivity contribution in [2.24, 2.45) is 5.92 Å². The lowest BCUT2D eigenvalue weighted by atomic mass is 9.99. The average molecular weight is 307 g/mol. The monoisotopic (exact) mass is 307 g/mol. The number of rotatable bonds is 7. The van der Waals surface area contributed by atoms with Gasteiger partial charge in [0.25, 0.3) is 5.91 Å². The molecule has 0 radical (unpaired) electrons. The van der Waals surface area contributed by atoms with Crippen LogP contribution in [0.5, 0.6) is 11.5 Å². The van der Waals surface area contributed by atoms with Crippen LogP contribution < -0.4 is 19.7 Å². The van der Waals surface area contributed by atoms with Crippen LogP contribution >= 0.6 is 0 Å². The van der Waals surface area contributed by atoms with Crippen LogP contribution in [0.25, 0.3) is 0 Å². The summed E-state index contributed by atoms with van der Waals surface area (Å²) in [7, 11) is 1.62. The van der Waals surface area contributed by atoms with E-state index in [2.05, 4.69) is 12.2 Å². The van der Waals surface area contributed by atoms with Crippen molar-refractivity contribution in [3.63, 3.8) is 0 Å². The molecule has 1 aromatic rings. The third-order valence-corrected chi connectivity index (χ3v) is 4.14. The first-order chi connectivity index (χ1) is 10.7. The normalized spacial score (nSPS) is 21.2. The van der Waals surface area contributed by atoms with Gasteiger partial charge in [0.1, 0.15) is 6.61 Å². The van der Waals surface area contributed by atoms with Crippen molar-refractivity contribution in [1.29, 1.82) is 0 Å². The van der Waals surface area contributed by atoms with Crippen molar-refractivity contribution in [2.75, 3.05) is 39.9 Å². The van der Waals surface area contributed by atoms with Gasteiger partial charge in [0, 0.05) is 0 Å². The van der Waals surface area contributed by atoms with Gasteiger partial charge >= 0.3 is 0 Å². The van der Waals surface area contributed by atoms with Crippen molar-refractivity contribution in [3.8, 4) is 11.5 Å². The zero-order valence-corrected chi connectivity index (χ0v) is 13.6. The van der Waals surface area contributed by atoms with Crippen molar-refractivity contribution < 1.29 is 19.2 Å². The van der Waals surface area contributed by atoms with Crippen LogP contribution in [0.2, 0.25) is 0 Å². The predicted molar refractivity (Wildman–Crippen MR) is 85.5 cm³/mol. The van der Waals surface area contributed by atoms with Crippen molar-refractivity contribution in [1.82, 2.24) is 5.32 Å². The van der Waals surface area contributed by atoms with E-state index in [-0.39, 0.29) is 5.91 Å². The number of methoxy groups -OCH3 is 1. The molecule has 1 aliphatic rings. The first-order valence-electron chi connectivity index (χ1n) is 8.05. The molecule has 1 fully saturated rings. The van der Waals surface area contributed by atoms with Gasteiger partial charge < -0.3 is 19.7 Å². The molecule has 1 heterocycles. The molecule has 5 nitrogen and oxygen atoms in total. The third kappa shape index (κ3) is 5.22. The number of hydrogen-bond acceptors (Lipinski definition) is 3. The first kappa shape index (κ1) is 16.6. The van der Waals surface area contributed by atoms with E-state index >= 15 is 0 Å². The van der Waals surface area contributed by atoms with E-state index in [0.717, 1.165) is 19.0 Å². The Labute approximate surface area is 132 Å². The van der Waals surface area contributed by atoms with E-state index in [1.54, 1.807) is 7.11 Å². The van der Waals surface area contributed by atoms with Crippen LogP contribution in [0.1, 0.15) is 19.8 Å². The van der Waals surface area contributed by atoms with Gasteiger partial charge in [-0.1, -0.05) is 19.1 Å². The molecular weight excluding hydrogens is 280 g/mol. The number of quaternary nitrogens is 1. The zero-order chi connectivity index (χ0) is 15.8. The molecule has 2 rings (SSSR count). The second kappa shape index (κ2) is 8.63. The summed E-state index contributed by atoms with van der Waals surface area (Å²) in [6.07, 6.45) is 2.44. The molecule has 0 atom stereocenters. The fourth-order valence-electron chi connectivity index (χ4n) is 2.73. The number of para-hydroxylation sites is 2. The highest BCUT2D eigenvalue weighted by Crippen LogP contribution is 2.25. The smallest absolute Gasteiger partial charge is 0.275 e. The Hall–Kier alpha value is -1.75. The minimum absolute atomic E-state index is 0.105. The number of nitrogens with one attached hydrogen (secondary N) is 2. The Morgan fingerprint density at radius 2 is 1.95 bits per heavy atom. The molecule has 5 heteroatoms. The van der Waals surface area contributed by atoms with Crippen LogP contribution in [0.4, 0.5) is 0 Å². The largest absolute Gasteiger partial charge is 0.493 e. The maximum atomic E-state index is 11.9. The third-order valence-electron chi connectivity index (χ3n) is 4.14. The van der Waals surface area contributed by atoms with E-state index in [1.807, 2.05) is 24.3 Å². The van der Waals surface area contributed by atoms with Crippen LogP contribution in [-0.2, 0) is 4.79 Å². The molecular formula is C17H27N2O3+. The molecule has 22 heavy (non-hydrogen) atoms. The highest BCUT2D eigenvalue weighted by molar-refractivity contribution is 5.76. The molecule has 0 aliphatic carbocycles. The van der Waals surface area contributed by atoms with E-state index in [0.29, 0.717) is 31.2 Å². The van der Waals surface area contributed by atoms with Gasteiger partial charge in [-0.3, -0.25) is 4.79 Å². The number of carbonyl (C=O) groups excluding carboxylic acids is 1. The summed E-state index contributed by atoms with van der Waals surface area (Å²) in [6, 6.07) is 7.52. The van der Waals surface area contributed by atoms with E-state index in [1.165, 1.54) is 17.7 Å². The lowest BCUT2D eigenvalue weighted by Gasteiger charge is -2.26. The van der Waals surface area contributed by atoms with Crippen molar-refractivity contribution >= 4 is 5.91 Å². The van der Waals surface area contributed by atoms with E-state index in [9.17, 15) is 4.79 Å². The maximum absolute atomic E-state index is 11.9. The number of hydrogen-bond donors (Lipinski definition) is 2. The summed E-state index contributed by atoms with van der Waals surface area (Å²) in [4.78, 5) is 13.3. The lowest BCUT2D eigenvalue weighted by Crippen LogP contribution is -3.14. The number of carbonyl (C=O) groups is 1. The minimum Gasteiger partial charge on any atom is -0.493 e. The molecule has 1 amide bonds. The highest BCUT2D eigenvalue weighted by atomic mass is 16.5. The van der Waals surface area contributed by atoms with Gasteiger partial charge in [0.15, 0.2) is 18.0 Å². The number of benzene rings is 1. The van der Waals surface area contributed by atoms with Crippen molar-refractivity contribution in [3.05, 3.63) is 24.3 Å². The summed E-state index contributed by atoms with van der Waals surface area (Å²) < 4.78 is 10.9. The topological polar surface area (TPSA) is 52.0 Å². The van der Waals surface area contributed by atoms with Gasteiger partial charge in [-0.2, -0.15) is 0 Å². The summed E-state index contributed by atoms with van der Waals surface area (Å²) in [6.45, 7) is 6.02. The molecule has 0 unspecified atom stereocenters. The Morgan fingerprint density at radius 1 is 1.27 bits per heavy atom. The summed E-state index contributed by atoms with van der Waals surface area (Å²) in [5.74, 6) is 2.32. The highest BCUT2D eigenvalue weighted by Gasteiger charge is 2.20. The molecule has 0 saturated carbocycles. The standard InChI is InChI=1S/C17H26N2O3/c1-14-7-10-19(11-8-14)13-17(20)18-9-12-22-16-6-4-3-5-15(16)21-2/h3-6,14H,7-13H2,1-2H3,(H,18,20)/p+1. The molecule has 122 valence electrons. The lowest BCUT2D eigenvalue weighted by molar-refractivity contribution is -0.898. The first-order valence-corrected chi connectivity index (χ1v) is 8.05. The van der Waals surface area contributed by atoms with Crippen molar-refractivity contribution in [2.45, 2.75) is 19.8 Å². The van der Waals surface area contributed by atoms with Crippen LogP contribution in [0, 0.1) is 5.92 Å². The SMILES string of the molecule is COc1ccccc1OCCNC(=O)C[NH+]1CCC(C)CC1. The molecule has 1 saturated heterocycles. The second-order valence-corrected chi connectivity index (χ2v) is 5.96. The minimum atomic E-state index is 0.105. The van der Waals surface area contributed by atoms with Gasteiger partial charge in [-0.15, -0.1) is 0 Å². The summed E-state index contributed by atoms with van der Waals surface area (Å²) in [5, 5.41) is 2.92. The Kier molecular flexibility index (Phi) is 6.52. The van der Waals surface area contributed by atoms with Gasteiger partial charge in [0.05, 0.1) is 26.7 Å². The summed E-state index contributed by atoms with van der Waals surface area (Å²) >= 11 is 0. The maximum Gasteiger partial charge on any atom is 0.275 e. The zero-order valence-electron chi connectivity index (χ0n) is 13.6. The van der Waals surface area contributed by atoms with Crippen LogP contribution in [0.3, 0.4) is 0 Å². The number of piperidine rings is 1. The molecule has 2 N–H and O–H groups in total. The number of ether oxygens (including phenoxy) is 2. The molecule has 1 aliphatic heterocycles. The van der Waals surface area contributed by atoms with E-state index in [4.69, 9.17) is 9.47 Å². The quantitative estimate of drug-likeness (QED) is 0.722. The molecule has 0 bridgehead atoms. The molecule has 0 aromatic heterocycles. The van der Waals surface area contributed by atoms with Gasteiger partial charge in [-0.25, -0.2) is 0 Å². The number of amides is 1. The Morgan fingerprint density at radius 3 is 2.64 bits per heavy atom. The van der Waals surface area contributed by atoms with Gasteiger partial charge in [-0.05, 0) is 30.9 Å². The molecule has 0 spiro atoms. The average Bonchev–Trinajstić information content (AvgIpc) is 2.54. The van der Waals surface area contributed by atoms with E-state index < -0.39 is 0 Å². The van der Waals surface area contributed by atoms with Gasteiger partial charge in [0.2, 0.25) is 0 Å².